The first kappa shape index (κ1) is 20.4. The Hall–Kier alpha value is -1.92. The van der Waals surface area contributed by atoms with E-state index in [2.05, 4.69) is 22.4 Å². The number of nitrogens with one attached hydrogen (secondary N) is 2. The Labute approximate surface area is 180 Å². The number of hydrogen-bond donors (Lipinski definition) is 2. The van der Waals surface area contributed by atoms with Gasteiger partial charge in [0.25, 0.3) is 0 Å². The number of aromatic nitrogens is 2. The first-order chi connectivity index (χ1) is 14.3. The molecule has 6 heteroatoms. The van der Waals surface area contributed by atoms with E-state index in [-0.39, 0.29) is 11.9 Å². The molecule has 0 saturated carbocycles. The number of imidazole rings is 1. The minimum atomic E-state index is -0.154. The third-order valence-corrected chi connectivity index (χ3v) is 8.27. The van der Waals surface area contributed by atoms with Crippen LogP contribution in [0.4, 0.5) is 0 Å². The molecule has 1 aromatic heterocycles. The Morgan fingerprint density at radius 2 is 1.97 bits per heavy atom. The van der Waals surface area contributed by atoms with Crippen LogP contribution in [-0.4, -0.2) is 26.9 Å². The molecule has 1 fully saturated rings. The van der Waals surface area contributed by atoms with E-state index in [0.29, 0.717) is 6.42 Å². The lowest BCUT2D eigenvalue weighted by molar-refractivity contribution is -0.122. The van der Waals surface area contributed by atoms with Crippen LogP contribution in [-0.2, 0) is 11.2 Å². The minimum Gasteiger partial charge on any atom is -0.346 e. The number of H-pyrrole nitrogens is 1. The molecule has 1 saturated heterocycles. The Balaban J connectivity index is 1.38. The SMILES string of the molecule is O=C(CCCC[C@@H]1CCSS1)N[C@@H](Cc1ccccc1)c1nc2ccccc2[nH]1. The number of benzene rings is 2. The zero-order valence-corrected chi connectivity index (χ0v) is 18.1. The number of amides is 1. The second-order valence-electron chi connectivity index (χ2n) is 7.52. The number of para-hydroxylation sites is 2. The van der Waals surface area contributed by atoms with Crippen LogP contribution in [0.3, 0.4) is 0 Å². The lowest BCUT2D eigenvalue weighted by atomic mass is 10.0. The number of unbranched alkanes of at least 4 members (excludes halogenated alkanes) is 1. The lowest BCUT2D eigenvalue weighted by Crippen LogP contribution is -2.30. The van der Waals surface area contributed by atoms with Crippen molar-refractivity contribution in [2.24, 2.45) is 0 Å². The summed E-state index contributed by atoms with van der Waals surface area (Å²) in [5, 5.41) is 4.01. The third-order valence-electron chi connectivity index (χ3n) is 5.26. The van der Waals surface area contributed by atoms with Crippen molar-refractivity contribution in [3.05, 3.63) is 66.0 Å². The number of rotatable bonds is 9. The summed E-state index contributed by atoms with van der Waals surface area (Å²) in [6.07, 6.45) is 5.92. The third kappa shape index (κ3) is 5.80. The summed E-state index contributed by atoms with van der Waals surface area (Å²) in [6.45, 7) is 0. The van der Waals surface area contributed by atoms with Crippen molar-refractivity contribution < 1.29 is 4.79 Å². The molecule has 2 heterocycles. The topological polar surface area (TPSA) is 57.8 Å². The van der Waals surface area contributed by atoms with Gasteiger partial charge in [0.2, 0.25) is 5.91 Å². The lowest BCUT2D eigenvalue weighted by Gasteiger charge is -2.17. The van der Waals surface area contributed by atoms with Gasteiger partial charge in [0.15, 0.2) is 0 Å². The summed E-state index contributed by atoms with van der Waals surface area (Å²) < 4.78 is 0. The van der Waals surface area contributed by atoms with E-state index in [1.807, 2.05) is 64.1 Å². The van der Waals surface area contributed by atoms with Gasteiger partial charge in [-0.05, 0) is 43.4 Å². The van der Waals surface area contributed by atoms with Crippen molar-refractivity contribution in [1.29, 1.82) is 0 Å². The average Bonchev–Trinajstić information content (AvgIpc) is 3.41. The molecular weight excluding hydrogens is 398 g/mol. The van der Waals surface area contributed by atoms with E-state index in [0.717, 1.165) is 41.4 Å². The normalized spacial score (nSPS) is 17.4. The number of carbonyl (C=O) groups is 1. The summed E-state index contributed by atoms with van der Waals surface area (Å²) in [7, 11) is 4.00. The molecule has 2 N–H and O–H groups in total. The number of nitrogens with zero attached hydrogens (tertiary/aromatic N) is 1. The summed E-state index contributed by atoms with van der Waals surface area (Å²) in [5.74, 6) is 2.21. The largest absolute Gasteiger partial charge is 0.346 e. The summed E-state index contributed by atoms with van der Waals surface area (Å²) >= 11 is 0. The maximum absolute atomic E-state index is 12.7. The molecule has 0 unspecified atom stereocenters. The zero-order valence-electron chi connectivity index (χ0n) is 16.5. The van der Waals surface area contributed by atoms with E-state index in [1.165, 1.54) is 24.2 Å². The quantitative estimate of drug-likeness (QED) is 0.342. The highest BCUT2D eigenvalue weighted by molar-refractivity contribution is 8.77. The Morgan fingerprint density at radius 3 is 2.76 bits per heavy atom. The first-order valence-corrected chi connectivity index (χ1v) is 12.7. The predicted octanol–water partition coefficient (Wildman–Crippen LogP) is 5.68. The summed E-state index contributed by atoms with van der Waals surface area (Å²) in [4.78, 5) is 20.8. The van der Waals surface area contributed by atoms with Crippen LogP contribution in [0, 0.1) is 0 Å². The monoisotopic (exact) mass is 425 g/mol. The molecule has 29 heavy (non-hydrogen) atoms. The number of hydrogen-bond acceptors (Lipinski definition) is 4. The van der Waals surface area contributed by atoms with Crippen LogP contribution in [0.5, 0.6) is 0 Å². The van der Waals surface area contributed by atoms with Crippen molar-refractivity contribution in [3.63, 3.8) is 0 Å². The van der Waals surface area contributed by atoms with Crippen LogP contribution < -0.4 is 5.32 Å². The van der Waals surface area contributed by atoms with Crippen molar-refractivity contribution in [3.8, 4) is 0 Å². The van der Waals surface area contributed by atoms with Crippen molar-refractivity contribution in [2.45, 2.75) is 49.8 Å². The van der Waals surface area contributed by atoms with E-state index in [1.54, 1.807) is 0 Å². The Kier molecular flexibility index (Phi) is 7.17. The van der Waals surface area contributed by atoms with Gasteiger partial charge in [-0.3, -0.25) is 4.79 Å². The van der Waals surface area contributed by atoms with Gasteiger partial charge in [-0.25, -0.2) is 4.98 Å². The molecule has 4 rings (SSSR count). The molecule has 3 aromatic rings. The van der Waals surface area contributed by atoms with E-state index >= 15 is 0 Å². The first-order valence-electron chi connectivity index (χ1n) is 10.3. The second-order valence-corrected chi connectivity index (χ2v) is 10.3. The molecule has 152 valence electrons. The maximum Gasteiger partial charge on any atom is 0.220 e. The van der Waals surface area contributed by atoms with Crippen LogP contribution in [0.1, 0.15) is 49.5 Å². The van der Waals surface area contributed by atoms with Gasteiger partial charge in [0.05, 0.1) is 17.1 Å². The fraction of sp³-hybridized carbons (Fsp3) is 0.391. The predicted molar refractivity (Wildman–Crippen MR) is 124 cm³/mol. The molecule has 1 aliphatic rings. The standard InChI is InChI=1S/C23H27N3OS2/c27-22(13-7-4-10-18-14-15-28-29-18)24-21(16-17-8-2-1-3-9-17)23-25-19-11-5-6-12-20(19)26-23/h1-3,5-6,8-9,11-12,18,21H,4,7,10,13-16H2,(H,24,27)(H,25,26)/t18-,21+/m1/s1. The Bertz CT molecular complexity index is 889. The van der Waals surface area contributed by atoms with E-state index < -0.39 is 0 Å². The molecule has 1 aliphatic heterocycles. The Morgan fingerprint density at radius 1 is 1.14 bits per heavy atom. The van der Waals surface area contributed by atoms with Gasteiger partial charge in [-0.15, -0.1) is 0 Å². The molecule has 4 nitrogen and oxygen atoms in total. The fourth-order valence-corrected chi connectivity index (χ4v) is 6.72. The highest BCUT2D eigenvalue weighted by atomic mass is 33.1. The van der Waals surface area contributed by atoms with E-state index in [9.17, 15) is 4.79 Å². The van der Waals surface area contributed by atoms with Gasteiger partial charge in [0, 0.05) is 17.4 Å². The number of aromatic amines is 1. The second kappa shape index (κ2) is 10.2. The molecule has 0 radical (unpaired) electrons. The van der Waals surface area contributed by atoms with E-state index in [4.69, 9.17) is 4.98 Å². The van der Waals surface area contributed by atoms with Gasteiger partial charge in [-0.2, -0.15) is 0 Å². The zero-order chi connectivity index (χ0) is 19.9. The summed E-state index contributed by atoms with van der Waals surface area (Å²) in [5.41, 5.74) is 3.12. The molecule has 2 aromatic carbocycles. The minimum absolute atomic E-state index is 0.111. The fourth-order valence-electron chi connectivity index (χ4n) is 3.69. The molecule has 0 spiro atoms. The van der Waals surface area contributed by atoms with Crippen molar-refractivity contribution in [1.82, 2.24) is 15.3 Å². The molecular formula is C23H27N3OS2. The van der Waals surface area contributed by atoms with Crippen LogP contribution in [0.15, 0.2) is 54.6 Å². The van der Waals surface area contributed by atoms with Crippen LogP contribution in [0.25, 0.3) is 11.0 Å². The van der Waals surface area contributed by atoms with Crippen molar-refractivity contribution in [2.75, 3.05) is 5.75 Å². The van der Waals surface area contributed by atoms with Gasteiger partial charge >= 0.3 is 0 Å². The van der Waals surface area contributed by atoms with Gasteiger partial charge in [0.1, 0.15) is 5.82 Å². The van der Waals surface area contributed by atoms with Gasteiger partial charge in [-0.1, -0.05) is 70.5 Å². The molecule has 0 aliphatic carbocycles. The molecule has 0 bridgehead atoms. The smallest absolute Gasteiger partial charge is 0.220 e. The van der Waals surface area contributed by atoms with Crippen LogP contribution >= 0.6 is 21.6 Å². The van der Waals surface area contributed by atoms with Crippen LogP contribution in [0.2, 0.25) is 0 Å². The number of fused-ring (bicyclic) bond motifs is 1. The molecule has 1 amide bonds. The van der Waals surface area contributed by atoms with Gasteiger partial charge < -0.3 is 10.3 Å². The highest BCUT2D eigenvalue weighted by Crippen LogP contribution is 2.39. The highest BCUT2D eigenvalue weighted by Gasteiger charge is 2.20. The van der Waals surface area contributed by atoms with Crippen molar-refractivity contribution >= 4 is 38.5 Å². The summed E-state index contributed by atoms with van der Waals surface area (Å²) in [6, 6.07) is 18.1. The molecule has 2 atom stereocenters. The average molecular weight is 426 g/mol. The number of carbonyl (C=O) groups excluding carboxylic acids is 1. The maximum atomic E-state index is 12.7.